The summed E-state index contributed by atoms with van der Waals surface area (Å²) >= 11 is 0. The number of hydrogen-bond donors (Lipinski definition) is 0. The summed E-state index contributed by atoms with van der Waals surface area (Å²) in [5, 5.41) is 0. The Balaban J connectivity index is 4.02. The minimum atomic E-state index is -0.770. The highest BCUT2D eigenvalue weighted by molar-refractivity contribution is 5.71. The minimum absolute atomic E-state index is 0.0716. The molecule has 0 aromatic carbocycles. The SMILES string of the molecule is CCCCCCC/C=C\C/C=C\CCCCCCCCCCCCCCCCCCCC(=O)OCC(COC(=O)CCCCCCCCC)OC(=O)CCCCCCC/C=C\CCCCCCC. The van der Waals surface area contributed by atoms with Crippen LogP contribution in [0, 0.1) is 0 Å². The Morgan fingerprint density at radius 2 is 0.529 bits per heavy atom. The topological polar surface area (TPSA) is 78.9 Å². The molecule has 0 heterocycles. The average molecular weight is 956 g/mol. The van der Waals surface area contributed by atoms with Gasteiger partial charge in [0.05, 0.1) is 0 Å². The van der Waals surface area contributed by atoms with Gasteiger partial charge in [-0.2, -0.15) is 0 Å². The highest BCUT2D eigenvalue weighted by Crippen LogP contribution is 2.17. The fraction of sp³-hybridized carbons (Fsp3) is 0.855. The van der Waals surface area contributed by atoms with Crippen molar-refractivity contribution in [2.75, 3.05) is 13.2 Å². The number of carbonyl (C=O) groups is 3. The van der Waals surface area contributed by atoms with E-state index in [0.29, 0.717) is 19.3 Å². The van der Waals surface area contributed by atoms with Crippen molar-refractivity contribution in [3.05, 3.63) is 36.5 Å². The Hall–Kier alpha value is -2.37. The van der Waals surface area contributed by atoms with E-state index >= 15 is 0 Å². The van der Waals surface area contributed by atoms with E-state index in [9.17, 15) is 14.4 Å². The summed E-state index contributed by atoms with van der Waals surface area (Å²) in [6, 6.07) is 0. The quantitative estimate of drug-likeness (QED) is 0.0262. The molecule has 0 aliphatic heterocycles. The molecule has 0 aliphatic carbocycles. The van der Waals surface area contributed by atoms with Gasteiger partial charge < -0.3 is 14.2 Å². The van der Waals surface area contributed by atoms with Crippen molar-refractivity contribution in [3.8, 4) is 0 Å². The summed E-state index contributed by atoms with van der Waals surface area (Å²) in [6.45, 7) is 6.60. The van der Waals surface area contributed by atoms with E-state index in [1.807, 2.05) is 0 Å². The maximum atomic E-state index is 12.8. The largest absolute Gasteiger partial charge is 0.462 e. The van der Waals surface area contributed by atoms with Crippen molar-refractivity contribution < 1.29 is 28.6 Å². The first-order valence-electron chi connectivity index (χ1n) is 30.0. The molecule has 0 radical (unpaired) electrons. The normalized spacial score (nSPS) is 12.2. The number of ether oxygens (including phenoxy) is 3. The summed E-state index contributed by atoms with van der Waals surface area (Å²) in [5.74, 6) is -0.872. The molecule has 0 bridgehead atoms. The van der Waals surface area contributed by atoms with Gasteiger partial charge in [0.15, 0.2) is 6.10 Å². The molecule has 0 saturated heterocycles. The number of esters is 3. The van der Waals surface area contributed by atoms with Crippen LogP contribution in [0.3, 0.4) is 0 Å². The first kappa shape index (κ1) is 65.6. The Morgan fingerprint density at radius 3 is 0.824 bits per heavy atom. The van der Waals surface area contributed by atoms with Gasteiger partial charge in [-0.25, -0.2) is 0 Å². The van der Waals surface area contributed by atoms with E-state index in [2.05, 4.69) is 57.2 Å². The van der Waals surface area contributed by atoms with E-state index in [1.54, 1.807) is 0 Å². The molecule has 0 N–H and O–H groups in total. The van der Waals surface area contributed by atoms with Crippen LogP contribution in [-0.2, 0) is 28.6 Å². The zero-order valence-corrected chi connectivity index (χ0v) is 45.6. The monoisotopic (exact) mass is 955 g/mol. The standard InChI is InChI=1S/C62H114O6/c1-4-7-10-13-16-18-20-22-24-25-26-27-28-29-30-31-32-33-34-35-36-37-38-40-41-43-46-49-52-55-61(64)67-58-59(57-66-60(63)54-51-48-45-15-12-9-6-3)68-62(65)56-53-50-47-44-42-39-23-21-19-17-14-11-8-5-2/h20-23,25-26,59H,4-19,24,27-58H2,1-3H3/b22-20-,23-21-,26-25-. The Morgan fingerprint density at radius 1 is 0.294 bits per heavy atom. The Kier molecular flexibility index (Phi) is 55.2. The predicted octanol–water partition coefficient (Wildman–Crippen LogP) is 20.0. The van der Waals surface area contributed by atoms with Crippen molar-refractivity contribution in [3.63, 3.8) is 0 Å². The van der Waals surface area contributed by atoms with Gasteiger partial charge in [-0.15, -0.1) is 0 Å². The number of unbranched alkanes of at least 4 members (excludes halogenated alkanes) is 38. The number of rotatable bonds is 55. The molecule has 0 rings (SSSR count). The minimum Gasteiger partial charge on any atom is -0.462 e. The molecule has 0 amide bonds. The lowest BCUT2D eigenvalue weighted by Crippen LogP contribution is -2.30. The van der Waals surface area contributed by atoms with Crippen LogP contribution in [-0.4, -0.2) is 37.2 Å². The zero-order valence-electron chi connectivity index (χ0n) is 45.6. The first-order chi connectivity index (χ1) is 33.5. The van der Waals surface area contributed by atoms with E-state index < -0.39 is 6.10 Å². The van der Waals surface area contributed by atoms with E-state index in [-0.39, 0.29) is 31.1 Å². The predicted molar refractivity (Wildman–Crippen MR) is 293 cm³/mol. The van der Waals surface area contributed by atoms with Crippen molar-refractivity contribution in [2.45, 2.75) is 329 Å². The molecule has 1 atom stereocenters. The van der Waals surface area contributed by atoms with Gasteiger partial charge in [0.25, 0.3) is 0 Å². The third kappa shape index (κ3) is 54.6. The van der Waals surface area contributed by atoms with Gasteiger partial charge >= 0.3 is 17.9 Å². The molecule has 398 valence electrons. The summed E-state index contributed by atoms with van der Waals surface area (Å²) in [7, 11) is 0. The van der Waals surface area contributed by atoms with Gasteiger partial charge in [-0.3, -0.25) is 14.4 Å². The molecule has 6 nitrogen and oxygen atoms in total. The molecule has 0 aromatic heterocycles. The van der Waals surface area contributed by atoms with Crippen LogP contribution in [0.2, 0.25) is 0 Å². The first-order valence-corrected chi connectivity index (χ1v) is 30.0. The van der Waals surface area contributed by atoms with Crippen LogP contribution in [0.5, 0.6) is 0 Å². The number of allylic oxidation sites excluding steroid dienone is 6. The van der Waals surface area contributed by atoms with Crippen molar-refractivity contribution in [1.29, 1.82) is 0 Å². The Labute approximate surface area is 423 Å². The third-order valence-electron chi connectivity index (χ3n) is 13.4. The molecular formula is C62H114O6. The number of carbonyl (C=O) groups excluding carboxylic acids is 3. The van der Waals surface area contributed by atoms with Gasteiger partial charge in [0, 0.05) is 19.3 Å². The maximum Gasteiger partial charge on any atom is 0.306 e. The van der Waals surface area contributed by atoms with Crippen LogP contribution in [0.15, 0.2) is 36.5 Å². The third-order valence-corrected chi connectivity index (χ3v) is 13.4. The van der Waals surface area contributed by atoms with E-state index in [4.69, 9.17) is 14.2 Å². The fourth-order valence-corrected chi connectivity index (χ4v) is 8.82. The van der Waals surface area contributed by atoms with Gasteiger partial charge in [0.1, 0.15) is 13.2 Å². The lowest BCUT2D eigenvalue weighted by Gasteiger charge is -2.18. The summed E-state index contributed by atoms with van der Waals surface area (Å²) in [4.78, 5) is 37.9. The van der Waals surface area contributed by atoms with Crippen molar-refractivity contribution >= 4 is 17.9 Å². The van der Waals surface area contributed by atoms with Crippen LogP contribution in [0.4, 0.5) is 0 Å². The molecule has 0 aromatic rings. The molecule has 0 fully saturated rings. The smallest absolute Gasteiger partial charge is 0.306 e. The highest BCUT2D eigenvalue weighted by atomic mass is 16.6. The van der Waals surface area contributed by atoms with Gasteiger partial charge in [-0.05, 0) is 77.0 Å². The number of hydrogen-bond acceptors (Lipinski definition) is 6. The molecule has 6 heteroatoms. The molecule has 0 aliphatic rings. The lowest BCUT2D eigenvalue weighted by atomic mass is 10.0. The fourth-order valence-electron chi connectivity index (χ4n) is 8.82. The summed E-state index contributed by atoms with van der Waals surface area (Å²) in [5.41, 5.74) is 0. The van der Waals surface area contributed by atoms with Gasteiger partial charge in [0.2, 0.25) is 0 Å². The van der Waals surface area contributed by atoms with Crippen LogP contribution >= 0.6 is 0 Å². The van der Waals surface area contributed by atoms with Crippen LogP contribution in [0.1, 0.15) is 323 Å². The molecule has 68 heavy (non-hydrogen) atoms. The highest BCUT2D eigenvalue weighted by Gasteiger charge is 2.19. The second-order valence-electron chi connectivity index (χ2n) is 20.3. The zero-order chi connectivity index (χ0) is 49.3. The van der Waals surface area contributed by atoms with Crippen molar-refractivity contribution in [2.24, 2.45) is 0 Å². The molecule has 1 unspecified atom stereocenters. The van der Waals surface area contributed by atoms with Crippen LogP contribution < -0.4 is 0 Å². The molecule has 0 spiro atoms. The maximum absolute atomic E-state index is 12.8. The summed E-state index contributed by atoms with van der Waals surface area (Å²) < 4.78 is 16.8. The lowest BCUT2D eigenvalue weighted by molar-refractivity contribution is -0.167. The van der Waals surface area contributed by atoms with E-state index in [0.717, 1.165) is 70.6 Å². The Bertz CT molecular complexity index is 1140. The second-order valence-corrected chi connectivity index (χ2v) is 20.3. The average Bonchev–Trinajstić information content (AvgIpc) is 3.34. The van der Waals surface area contributed by atoms with Gasteiger partial charge in [-0.1, -0.05) is 263 Å². The second kappa shape index (κ2) is 57.2. The van der Waals surface area contributed by atoms with Crippen LogP contribution in [0.25, 0.3) is 0 Å². The molecule has 0 saturated carbocycles. The van der Waals surface area contributed by atoms with Crippen molar-refractivity contribution in [1.82, 2.24) is 0 Å². The molecular weight excluding hydrogens is 841 g/mol. The summed E-state index contributed by atoms with van der Waals surface area (Å²) in [6.07, 6.45) is 68.9. The van der Waals surface area contributed by atoms with E-state index in [1.165, 1.54) is 212 Å².